The van der Waals surface area contributed by atoms with E-state index in [-0.39, 0.29) is 17.0 Å². The lowest BCUT2D eigenvalue weighted by molar-refractivity contribution is 0.102. The van der Waals surface area contributed by atoms with E-state index < -0.39 is 11.7 Å². The van der Waals surface area contributed by atoms with Crippen LogP contribution in [0.15, 0.2) is 42.5 Å². The van der Waals surface area contributed by atoms with Crippen LogP contribution in [0.5, 0.6) is 5.75 Å². The van der Waals surface area contributed by atoms with Crippen molar-refractivity contribution in [2.75, 3.05) is 5.32 Å². The number of carbonyl (C=O) groups excluding carboxylic acids is 1. The molecule has 0 saturated heterocycles. The summed E-state index contributed by atoms with van der Waals surface area (Å²) in [6.45, 7) is 0. The summed E-state index contributed by atoms with van der Waals surface area (Å²) < 4.78 is 13.6. The number of nitriles is 1. The van der Waals surface area contributed by atoms with E-state index in [1.165, 1.54) is 36.4 Å². The first-order chi connectivity index (χ1) is 9.10. The van der Waals surface area contributed by atoms with Gasteiger partial charge in [-0.25, -0.2) is 4.39 Å². The minimum atomic E-state index is -0.675. The molecular weight excluding hydrogens is 247 g/mol. The molecule has 0 unspecified atom stereocenters. The molecule has 94 valence electrons. The van der Waals surface area contributed by atoms with Gasteiger partial charge in [-0.1, -0.05) is 0 Å². The smallest absolute Gasteiger partial charge is 0.255 e. The summed E-state index contributed by atoms with van der Waals surface area (Å²) in [5, 5.41) is 20.1. The molecule has 0 heterocycles. The lowest BCUT2D eigenvalue weighted by Gasteiger charge is -2.06. The van der Waals surface area contributed by atoms with Crippen LogP contribution in [-0.2, 0) is 0 Å². The number of carbonyl (C=O) groups is 1. The van der Waals surface area contributed by atoms with E-state index in [0.29, 0.717) is 5.56 Å². The molecule has 2 rings (SSSR count). The van der Waals surface area contributed by atoms with Gasteiger partial charge < -0.3 is 10.4 Å². The third-order valence-electron chi connectivity index (χ3n) is 2.48. The number of amides is 1. The maximum Gasteiger partial charge on any atom is 0.255 e. The van der Waals surface area contributed by atoms with E-state index in [1.807, 2.05) is 0 Å². The first-order valence-electron chi connectivity index (χ1n) is 5.40. The number of nitrogens with zero attached hydrogens (tertiary/aromatic N) is 1. The number of rotatable bonds is 2. The van der Waals surface area contributed by atoms with Crippen LogP contribution in [0, 0.1) is 17.1 Å². The van der Waals surface area contributed by atoms with Crippen LogP contribution in [0.4, 0.5) is 10.1 Å². The van der Waals surface area contributed by atoms with Gasteiger partial charge in [-0.05, 0) is 42.5 Å². The van der Waals surface area contributed by atoms with E-state index in [1.54, 1.807) is 6.07 Å². The van der Waals surface area contributed by atoms with Crippen molar-refractivity contribution in [1.29, 1.82) is 5.26 Å². The highest BCUT2D eigenvalue weighted by Gasteiger charge is 2.09. The maximum atomic E-state index is 13.6. The van der Waals surface area contributed by atoms with Crippen LogP contribution in [0.1, 0.15) is 15.9 Å². The second-order valence-corrected chi connectivity index (χ2v) is 3.81. The minimum Gasteiger partial charge on any atom is -0.508 e. The van der Waals surface area contributed by atoms with Crippen LogP contribution in [-0.4, -0.2) is 11.0 Å². The number of halogens is 1. The molecule has 2 aromatic rings. The summed E-state index contributed by atoms with van der Waals surface area (Å²) in [6.07, 6.45) is 0. The van der Waals surface area contributed by atoms with Gasteiger partial charge in [-0.3, -0.25) is 4.79 Å². The SMILES string of the molecule is N#Cc1ccc(NC(=O)c2ccc(O)cc2)c(F)c1. The van der Waals surface area contributed by atoms with Crippen molar-refractivity contribution in [1.82, 2.24) is 0 Å². The Bertz CT molecular complexity index is 660. The minimum absolute atomic E-state index is 0.00271. The van der Waals surface area contributed by atoms with Crippen molar-refractivity contribution < 1.29 is 14.3 Å². The largest absolute Gasteiger partial charge is 0.508 e. The molecule has 1 amide bonds. The van der Waals surface area contributed by atoms with Crippen molar-refractivity contribution in [3.8, 4) is 11.8 Å². The molecule has 19 heavy (non-hydrogen) atoms. The molecule has 0 fully saturated rings. The zero-order valence-electron chi connectivity index (χ0n) is 9.72. The number of anilines is 1. The normalized spacial score (nSPS) is 9.68. The number of nitrogens with one attached hydrogen (secondary N) is 1. The lowest BCUT2D eigenvalue weighted by Crippen LogP contribution is -2.12. The zero-order valence-corrected chi connectivity index (χ0v) is 9.72. The highest BCUT2D eigenvalue weighted by atomic mass is 19.1. The summed E-state index contributed by atoms with van der Waals surface area (Å²) >= 11 is 0. The first-order valence-corrected chi connectivity index (χ1v) is 5.40. The van der Waals surface area contributed by atoms with E-state index in [4.69, 9.17) is 10.4 Å². The maximum absolute atomic E-state index is 13.6. The second kappa shape index (κ2) is 5.19. The van der Waals surface area contributed by atoms with Gasteiger partial charge >= 0.3 is 0 Å². The van der Waals surface area contributed by atoms with Crippen LogP contribution in [0.3, 0.4) is 0 Å². The summed E-state index contributed by atoms with van der Waals surface area (Å²) in [7, 11) is 0. The van der Waals surface area contributed by atoms with Crippen LogP contribution in [0.25, 0.3) is 0 Å². The molecule has 0 bridgehead atoms. The van der Waals surface area contributed by atoms with Gasteiger partial charge in [-0.15, -0.1) is 0 Å². The number of benzene rings is 2. The number of hydrogen-bond acceptors (Lipinski definition) is 3. The van der Waals surface area contributed by atoms with Gasteiger partial charge in [0.05, 0.1) is 17.3 Å². The van der Waals surface area contributed by atoms with Crippen molar-refractivity contribution in [2.45, 2.75) is 0 Å². The molecule has 0 saturated carbocycles. The fourth-order valence-corrected chi connectivity index (χ4v) is 1.49. The Morgan fingerprint density at radius 1 is 1.21 bits per heavy atom. The average Bonchev–Trinajstić information content (AvgIpc) is 2.41. The van der Waals surface area contributed by atoms with Gasteiger partial charge in [0, 0.05) is 5.56 Å². The Kier molecular flexibility index (Phi) is 3.44. The molecule has 0 aromatic heterocycles. The quantitative estimate of drug-likeness (QED) is 0.867. The number of phenols is 1. The van der Waals surface area contributed by atoms with Crippen molar-refractivity contribution in [3.63, 3.8) is 0 Å². The second-order valence-electron chi connectivity index (χ2n) is 3.81. The van der Waals surface area contributed by atoms with Gasteiger partial charge in [0.2, 0.25) is 0 Å². The topological polar surface area (TPSA) is 73.1 Å². The fourth-order valence-electron chi connectivity index (χ4n) is 1.49. The molecule has 0 radical (unpaired) electrons. The molecule has 5 heteroatoms. The third kappa shape index (κ3) is 2.87. The standard InChI is InChI=1S/C14H9FN2O2/c15-12-7-9(8-16)1-6-13(12)17-14(19)10-2-4-11(18)5-3-10/h1-7,18H,(H,17,19). The van der Waals surface area contributed by atoms with Crippen LogP contribution >= 0.6 is 0 Å². The van der Waals surface area contributed by atoms with Crippen molar-refractivity contribution >= 4 is 11.6 Å². The predicted octanol–water partition coefficient (Wildman–Crippen LogP) is 2.66. The van der Waals surface area contributed by atoms with Gasteiger partial charge in [0.25, 0.3) is 5.91 Å². The Hall–Kier alpha value is -2.87. The lowest BCUT2D eigenvalue weighted by atomic mass is 10.2. The van der Waals surface area contributed by atoms with Gasteiger partial charge in [0.1, 0.15) is 11.6 Å². The predicted molar refractivity (Wildman–Crippen MR) is 67.2 cm³/mol. The van der Waals surface area contributed by atoms with Crippen LogP contribution in [0.2, 0.25) is 0 Å². The van der Waals surface area contributed by atoms with E-state index >= 15 is 0 Å². The summed E-state index contributed by atoms with van der Waals surface area (Å²) in [5.74, 6) is -1.13. The molecule has 0 spiro atoms. The molecule has 2 N–H and O–H groups in total. The molecular formula is C14H9FN2O2. The van der Waals surface area contributed by atoms with E-state index in [0.717, 1.165) is 6.07 Å². The van der Waals surface area contributed by atoms with Crippen molar-refractivity contribution in [3.05, 3.63) is 59.4 Å². The van der Waals surface area contributed by atoms with Gasteiger partial charge in [-0.2, -0.15) is 5.26 Å². The number of aromatic hydroxyl groups is 1. The molecule has 0 aliphatic heterocycles. The third-order valence-corrected chi connectivity index (χ3v) is 2.48. The average molecular weight is 256 g/mol. The molecule has 0 atom stereocenters. The van der Waals surface area contributed by atoms with E-state index in [9.17, 15) is 9.18 Å². The Morgan fingerprint density at radius 3 is 2.47 bits per heavy atom. The highest BCUT2D eigenvalue weighted by molar-refractivity contribution is 6.04. The highest BCUT2D eigenvalue weighted by Crippen LogP contribution is 2.17. The Labute approximate surface area is 108 Å². The molecule has 0 aliphatic rings. The number of hydrogen-bond donors (Lipinski definition) is 2. The Balaban J connectivity index is 2.20. The van der Waals surface area contributed by atoms with Gasteiger partial charge in [0.15, 0.2) is 0 Å². The Morgan fingerprint density at radius 2 is 1.89 bits per heavy atom. The molecule has 0 aliphatic carbocycles. The zero-order chi connectivity index (χ0) is 13.8. The van der Waals surface area contributed by atoms with Crippen molar-refractivity contribution in [2.24, 2.45) is 0 Å². The molecule has 4 nitrogen and oxygen atoms in total. The summed E-state index contributed by atoms with van der Waals surface area (Å²) in [6, 6.07) is 11.2. The fraction of sp³-hybridized carbons (Fsp3) is 0. The first kappa shape index (κ1) is 12.6. The molecule has 2 aromatic carbocycles. The van der Waals surface area contributed by atoms with Crippen LogP contribution < -0.4 is 5.32 Å². The number of phenolic OH excluding ortho intramolecular Hbond substituents is 1. The monoisotopic (exact) mass is 256 g/mol. The van der Waals surface area contributed by atoms with E-state index in [2.05, 4.69) is 5.32 Å². The summed E-state index contributed by atoms with van der Waals surface area (Å²) in [4.78, 5) is 11.8. The summed E-state index contributed by atoms with van der Waals surface area (Å²) in [5.41, 5.74) is 0.471.